The van der Waals surface area contributed by atoms with E-state index in [1.807, 2.05) is 13.8 Å². The molecule has 0 bridgehead atoms. The molecule has 0 saturated heterocycles. The van der Waals surface area contributed by atoms with E-state index in [-0.39, 0.29) is 0 Å². The lowest BCUT2D eigenvalue weighted by atomic mass is 10.1. The zero-order chi connectivity index (χ0) is 8.43. The molecule has 1 fully saturated rings. The summed E-state index contributed by atoms with van der Waals surface area (Å²) >= 11 is 0. The van der Waals surface area contributed by atoms with E-state index in [0.29, 0.717) is 0 Å². The Bertz CT molecular complexity index is 226. The van der Waals surface area contributed by atoms with Gasteiger partial charge in [0.1, 0.15) is 0 Å². The smallest absolute Gasteiger partial charge is 0.00204 e. The lowest BCUT2D eigenvalue weighted by Crippen LogP contribution is -1.75. The van der Waals surface area contributed by atoms with E-state index >= 15 is 0 Å². The van der Waals surface area contributed by atoms with Crippen LogP contribution in [0.25, 0.3) is 0 Å². The van der Waals surface area contributed by atoms with Crippen LogP contribution in [0.3, 0.4) is 0 Å². The molecule has 11 heavy (non-hydrogen) atoms. The third-order valence-corrected chi connectivity index (χ3v) is 2.22. The van der Waals surface area contributed by atoms with Crippen LogP contribution >= 0.6 is 0 Å². The van der Waals surface area contributed by atoms with E-state index in [4.69, 9.17) is 0 Å². The van der Waals surface area contributed by atoms with Gasteiger partial charge in [0.15, 0.2) is 0 Å². The average Bonchev–Trinajstić information content (AvgIpc) is 2.30. The molecule has 0 spiro atoms. The summed E-state index contributed by atoms with van der Waals surface area (Å²) in [5, 5.41) is 0. The van der Waals surface area contributed by atoms with Crippen LogP contribution in [-0.2, 0) is 0 Å². The van der Waals surface area contributed by atoms with Crippen LogP contribution in [0.15, 0.2) is 47.6 Å². The second-order valence-corrected chi connectivity index (χ2v) is 2.76. The number of hydrogen-bond acceptors (Lipinski definition) is 0. The van der Waals surface area contributed by atoms with Crippen LogP contribution in [0.5, 0.6) is 0 Å². The highest BCUT2D eigenvalue weighted by atomic mass is 14.2. The fourth-order valence-corrected chi connectivity index (χ4v) is 1.36. The molecule has 0 amide bonds. The molecule has 0 aromatic carbocycles. The largest absolute Gasteiger partial charge is 0.0909 e. The van der Waals surface area contributed by atoms with Gasteiger partial charge in [0.25, 0.3) is 0 Å². The summed E-state index contributed by atoms with van der Waals surface area (Å²) in [4.78, 5) is 0. The van der Waals surface area contributed by atoms with Gasteiger partial charge in [-0.2, -0.15) is 0 Å². The molecule has 0 aliphatic heterocycles. The Balaban J connectivity index is 3.05. The average molecular weight is 146 g/mol. The molecule has 0 atom stereocenters. The van der Waals surface area contributed by atoms with Crippen molar-refractivity contribution in [2.45, 2.75) is 20.3 Å². The van der Waals surface area contributed by atoms with Gasteiger partial charge in [-0.25, -0.2) is 0 Å². The minimum Gasteiger partial charge on any atom is -0.0909 e. The van der Waals surface area contributed by atoms with Gasteiger partial charge < -0.3 is 0 Å². The Morgan fingerprint density at radius 1 is 1.00 bits per heavy atom. The fourth-order valence-electron chi connectivity index (χ4n) is 1.36. The van der Waals surface area contributed by atoms with Crippen molar-refractivity contribution in [2.24, 2.45) is 0 Å². The van der Waals surface area contributed by atoms with Crippen LogP contribution in [0.1, 0.15) is 20.3 Å². The van der Waals surface area contributed by atoms with Crippen molar-refractivity contribution in [1.82, 2.24) is 0 Å². The van der Waals surface area contributed by atoms with Crippen molar-refractivity contribution >= 4 is 0 Å². The zero-order valence-corrected chi connectivity index (χ0v) is 7.28. The van der Waals surface area contributed by atoms with Gasteiger partial charge in [0.05, 0.1) is 0 Å². The molecule has 0 heterocycles. The van der Waals surface area contributed by atoms with Crippen LogP contribution < -0.4 is 0 Å². The second-order valence-electron chi connectivity index (χ2n) is 2.76. The number of rotatable bonds is 0. The maximum absolute atomic E-state index is 3.98. The fraction of sp³-hybridized carbons (Fsp3) is 0.273. The lowest BCUT2D eigenvalue weighted by molar-refractivity contribution is 1.25. The maximum atomic E-state index is 3.98. The first-order valence-corrected chi connectivity index (χ1v) is 3.90. The van der Waals surface area contributed by atoms with Crippen LogP contribution in [0.2, 0.25) is 0 Å². The van der Waals surface area contributed by atoms with E-state index in [0.717, 1.165) is 17.6 Å². The third kappa shape index (κ3) is 1.21. The Hall–Kier alpha value is -1.04. The van der Waals surface area contributed by atoms with E-state index in [1.165, 1.54) is 11.1 Å². The molecule has 0 unspecified atom stereocenters. The van der Waals surface area contributed by atoms with Crippen LogP contribution in [0.4, 0.5) is 0 Å². The van der Waals surface area contributed by atoms with E-state index in [1.54, 1.807) is 0 Å². The summed E-state index contributed by atoms with van der Waals surface area (Å²) in [7, 11) is 0. The van der Waals surface area contributed by atoms with Gasteiger partial charge in [0, 0.05) is 0 Å². The lowest BCUT2D eigenvalue weighted by Gasteiger charge is -1.94. The first kappa shape index (κ1) is 8.06. The van der Waals surface area contributed by atoms with Gasteiger partial charge in [-0.15, -0.1) is 0 Å². The van der Waals surface area contributed by atoms with Gasteiger partial charge in [0.2, 0.25) is 0 Å². The van der Waals surface area contributed by atoms with Gasteiger partial charge in [-0.05, 0) is 42.6 Å². The molecule has 58 valence electrons. The van der Waals surface area contributed by atoms with Gasteiger partial charge in [-0.3, -0.25) is 0 Å². The predicted molar refractivity (Wildman–Crippen MR) is 50.4 cm³/mol. The Morgan fingerprint density at radius 2 is 1.36 bits per heavy atom. The molecule has 0 aromatic rings. The second kappa shape index (κ2) is 2.91. The number of allylic oxidation sites excluding steroid dienone is 6. The summed E-state index contributed by atoms with van der Waals surface area (Å²) < 4.78 is 0. The van der Waals surface area contributed by atoms with Crippen molar-refractivity contribution < 1.29 is 0 Å². The maximum Gasteiger partial charge on any atom is -0.00204 e. The molecule has 0 radical (unpaired) electrons. The highest BCUT2D eigenvalue weighted by molar-refractivity contribution is 5.61. The topological polar surface area (TPSA) is 0 Å². The summed E-state index contributed by atoms with van der Waals surface area (Å²) in [6.07, 6.45) is 5.25. The van der Waals surface area contributed by atoms with E-state index in [9.17, 15) is 0 Å². The standard InChI is InChI=1S/C11H14/c1-5-10-7-11(6-2)9(4)8(10)3/h5-6H,3-4,7H2,1-2H3. The van der Waals surface area contributed by atoms with Crippen molar-refractivity contribution in [3.63, 3.8) is 0 Å². The Kier molecular flexibility index (Phi) is 2.13. The molecule has 1 aliphatic rings. The van der Waals surface area contributed by atoms with Gasteiger partial charge >= 0.3 is 0 Å². The quantitative estimate of drug-likeness (QED) is 0.491. The van der Waals surface area contributed by atoms with E-state index < -0.39 is 0 Å². The molecule has 0 nitrogen and oxygen atoms in total. The first-order valence-electron chi connectivity index (χ1n) is 3.90. The Labute approximate surface area is 68.6 Å². The highest BCUT2D eigenvalue weighted by Gasteiger charge is 2.18. The van der Waals surface area contributed by atoms with Crippen molar-refractivity contribution in [2.75, 3.05) is 0 Å². The Morgan fingerprint density at radius 3 is 1.55 bits per heavy atom. The predicted octanol–water partition coefficient (Wildman–Crippen LogP) is 3.40. The minimum absolute atomic E-state index is 1.02. The summed E-state index contributed by atoms with van der Waals surface area (Å²) in [5.74, 6) is 0. The van der Waals surface area contributed by atoms with Gasteiger partial charge in [-0.1, -0.05) is 25.3 Å². The monoisotopic (exact) mass is 146 g/mol. The summed E-state index contributed by atoms with van der Waals surface area (Å²) in [6.45, 7) is 12.0. The molecule has 0 aromatic heterocycles. The first-order chi connectivity index (χ1) is 5.20. The van der Waals surface area contributed by atoms with Crippen molar-refractivity contribution in [3.8, 4) is 0 Å². The van der Waals surface area contributed by atoms with Crippen molar-refractivity contribution in [3.05, 3.63) is 47.6 Å². The van der Waals surface area contributed by atoms with Crippen LogP contribution in [0, 0.1) is 0 Å². The van der Waals surface area contributed by atoms with E-state index in [2.05, 4.69) is 25.3 Å². The SMILES string of the molecule is C=C1C(=C)C(=CC)CC1=CC. The molecule has 1 aliphatic carbocycles. The molecule has 0 heteroatoms. The highest BCUT2D eigenvalue weighted by Crippen LogP contribution is 2.37. The normalized spacial score (nSPS) is 25.6. The third-order valence-electron chi connectivity index (χ3n) is 2.22. The molecular weight excluding hydrogens is 132 g/mol. The number of hydrogen-bond donors (Lipinski definition) is 0. The summed E-state index contributed by atoms with van der Waals surface area (Å²) in [6, 6.07) is 0. The van der Waals surface area contributed by atoms with Crippen LogP contribution in [-0.4, -0.2) is 0 Å². The molecule has 1 saturated carbocycles. The zero-order valence-electron chi connectivity index (χ0n) is 7.28. The summed E-state index contributed by atoms with van der Waals surface area (Å²) in [5.41, 5.74) is 4.87. The minimum atomic E-state index is 1.02. The van der Waals surface area contributed by atoms with Crippen molar-refractivity contribution in [1.29, 1.82) is 0 Å². The molecular formula is C11H14. The molecule has 1 rings (SSSR count). The molecule has 0 N–H and O–H groups in total.